The number of nitrogens with zero attached hydrogens (tertiary/aromatic N) is 1. The van der Waals surface area contributed by atoms with Crippen molar-refractivity contribution >= 4 is 20.8 Å². The number of hydrogen-bond donors (Lipinski definition) is 2. The van der Waals surface area contributed by atoms with Crippen LogP contribution in [-0.4, -0.2) is 40.6 Å². The van der Waals surface area contributed by atoms with Gasteiger partial charge in [0.15, 0.2) is 5.03 Å². The third kappa shape index (κ3) is 3.39. The molecule has 0 aliphatic rings. The molecule has 6 nitrogen and oxygen atoms in total. The molecule has 0 bridgehead atoms. The number of aromatic nitrogens is 2. The van der Waals surface area contributed by atoms with E-state index >= 15 is 0 Å². The van der Waals surface area contributed by atoms with E-state index in [2.05, 4.69) is 14.7 Å². The van der Waals surface area contributed by atoms with Crippen LogP contribution in [0, 0.1) is 6.92 Å². The first-order chi connectivity index (χ1) is 7.33. The zero-order chi connectivity index (χ0) is 12.3. The second kappa shape index (κ2) is 5.07. The third-order valence-electron chi connectivity index (χ3n) is 2.10. The Morgan fingerprint density at radius 1 is 1.62 bits per heavy atom. The second-order valence-electron chi connectivity index (χ2n) is 3.49. The summed E-state index contributed by atoms with van der Waals surface area (Å²) in [6, 6.07) is 0. The smallest absolute Gasteiger partial charge is 0.257 e. The summed E-state index contributed by atoms with van der Waals surface area (Å²) in [5.74, 6) is 0.535. The summed E-state index contributed by atoms with van der Waals surface area (Å²) >= 11 is 0. The Labute approximate surface area is 97.4 Å². The van der Waals surface area contributed by atoms with Gasteiger partial charge in [-0.05, 0) is 13.8 Å². The third-order valence-corrected chi connectivity index (χ3v) is 4.73. The van der Waals surface area contributed by atoms with Gasteiger partial charge in [-0.1, -0.05) is 0 Å². The quantitative estimate of drug-likeness (QED) is 0.769. The molecule has 2 N–H and O–H groups in total. The molecule has 1 aromatic rings. The van der Waals surface area contributed by atoms with E-state index < -0.39 is 20.8 Å². The monoisotopic (exact) mass is 265 g/mol. The minimum atomic E-state index is -3.57. The van der Waals surface area contributed by atoms with Crippen molar-refractivity contribution in [2.45, 2.75) is 24.1 Å². The van der Waals surface area contributed by atoms with Crippen molar-refractivity contribution in [2.75, 3.05) is 12.8 Å². The van der Waals surface area contributed by atoms with Crippen LogP contribution < -0.4 is 4.72 Å². The van der Waals surface area contributed by atoms with Crippen LogP contribution >= 0.6 is 0 Å². The Kier molecular flexibility index (Phi) is 4.22. The topological polar surface area (TPSA) is 91.9 Å². The van der Waals surface area contributed by atoms with Crippen molar-refractivity contribution in [1.29, 1.82) is 0 Å². The fraction of sp³-hybridized carbons (Fsp3) is 0.625. The van der Waals surface area contributed by atoms with E-state index in [1.165, 1.54) is 6.20 Å². The van der Waals surface area contributed by atoms with Crippen LogP contribution in [0.25, 0.3) is 0 Å². The fourth-order valence-corrected chi connectivity index (χ4v) is 2.48. The predicted octanol–water partition coefficient (Wildman–Crippen LogP) is -0.237. The number of nitrogens with one attached hydrogen (secondary N) is 2. The zero-order valence-electron chi connectivity index (χ0n) is 9.35. The van der Waals surface area contributed by atoms with Crippen LogP contribution in [0.2, 0.25) is 0 Å². The highest BCUT2D eigenvalue weighted by Crippen LogP contribution is 2.04. The van der Waals surface area contributed by atoms with Gasteiger partial charge in [0.1, 0.15) is 5.82 Å². The van der Waals surface area contributed by atoms with Crippen molar-refractivity contribution in [3.8, 4) is 0 Å². The van der Waals surface area contributed by atoms with Gasteiger partial charge in [0, 0.05) is 28.9 Å². The summed E-state index contributed by atoms with van der Waals surface area (Å²) in [7, 11) is -4.62. The maximum absolute atomic E-state index is 11.7. The summed E-state index contributed by atoms with van der Waals surface area (Å²) in [5.41, 5.74) is 0. The van der Waals surface area contributed by atoms with Crippen LogP contribution in [-0.2, 0) is 20.8 Å². The maximum atomic E-state index is 11.7. The summed E-state index contributed by atoms with van der Waals surface area (Å²) in [6.45, 7) is 3.53. The van der Waals surface area contributed by atoms with E-state index in [1.54, 1.807) is 20.1 Å². The Morgan fingerprint density at radius 2 is 2.25 bits per heavy atom. The van der Waals surface area contributed by atoms with Gasteiger partial charge >= 0.3 is 0 Å². The highest BCUT2D eigenvalue weighted by Gasteiger charge is 2.18. The highest BCUT2D eigenvalue weighted by molar-refractivity contribution is 7.89. The minimum absolute atomic E-state index is 0.0269. The second-order valence-corrected chi connectivity index (χ2v) is 7.03. The van der Waals surface area contributed by atoms with Gasteiger partial charge in [-0.15, -0.1) is 0 Å². The van der Waals surface area contributed by atoms with Crippen LogP contribution in [0.4, 0.5) is 0 Å². The lowest BCUT2D eigenvalue weighted by atomic mass is 10.5. The van der Waals surface area contributed by atoms with Gasteiger partial charge in [-0.2, -0.15) is 0 Å². The zero-order valence-corrected chi connectivity index (χ0v) is 11.0. The van der Waals surface area contributed by atoms with Crippen molar-refractivity contribution in [1.82, 2.24) is 14.7 Å². The Hall–Kier alpha value is -0.730. The van der Waals surface area contributed by atoms with Gasteiger partial charge in [-0.3, -0.25) is 4.21 Å². The number of aromatic amines is 1. The molecule has 0 aromatic carbocycles. The van der Waals surface area contributed by atoms with Gasteiger partial charge in [0.25, 0.3) is 10.0 Å². The molecule has 8 heteroatoms. The molecule has 2 unspecified atom stereocenters. The van der Waals surface area contributed by atoms with E-state index in [1.807, 2.05) is 0 Å². The molecule has 1 heterocycles. The molecule has 0 aliphatic heterocycles. The molecule has 0 amide bonds. The van der Waals surface area contributed by atoms with Gasteiger partial charge in [0.05, 0.1) is 6.20 Å². The Bertz CT molecular complexity index is 480. The first-order valence-corrected chi connectivity index (χ1v) is 7.77. The molecule has 92 valence electrons. The van der Waals surface area contributed by atoms with E-state index in [9.17, 15) is 12.6 Å². The molecule has 0 radical (unpaired) electrons. The molecule has 1 rings (SSSR count). The van der Waals surface area contributed by atoms with Crippen LogP contribution in [0.5, 0.6) is 0 Å². The van der Waals surface area contributed by atoms with Gasteiger partial charge in [0.2, 0.25) is 0 Å². The molecule has 0 saturated carbocycles. The number of imidazole rings is 1. The lowest BCUT2D eigenvalue weighted by molar-refractivity contribution is 0.577. The molecule has 0 spiro atoms. The van der Waals surface area contributed by atoms with Gasteiger partial charge in [-0.25, -0.2) is 18.1 Å². The largest absolute Gasteiger partial charge is 0.332 e. The summed E-state index contributed by atoms with van der Waals surface area (Å²) < 4.78 is 36.8. The lowest BCUT2D eigenvalue weighted by Crippen LogP contribution is -2.32. The molecule has 0 fully saturated rings. The Balaban J connectivity index is 2.70. The first-order valence-electron chi connectivity index (χ1n) is 4.66. The van der Waals surface area contributed by atoms with E-state index in [0.29, 0.717) is 5.82 Å². The molecular weight excluding hydrogens is 250 g/mol. The van der Waals surface area contributed by atoms with Crippen LogP contribution in [0.3, 0.4) is 0 Å². The summed E-state index contributed by atoms with van der Waals surface area (Å²) in [5, 5.41) is -0.196. The van der Waals surface area contributed by atoms with Crippen molar-refractivity contribution < 1.29 is 12.6 Å². The number of H-pyrrole nitrogens is 1. The Morgan fingerprint density at radius 3 is 2.69 bits per heavy atom. The minimum Gasteiger partial charge on any atom is -0.332 e. The van der Waals surface area contributed by atoms with Crippen LogP contribution in [0.1, 0.15) is 12.7 Å². The normalized spacial score (nSPS) is 15.9. The van der Waals surface area contributed by atoms with E-state index in [0.717, 1.165) is 0 Å². The van der Waals surface area contributed by atoms with Crippen molar-refractivity contribution in [2.24, 2.45) is 0 Å². The predicted molar refractivity (Wildman–Crippen MR) is 62.0 cm³/mol. The molecule has 16 heavy (non-hydrogen) atoms. The van der Waals surface area contributed by atoms with Gasteiger partial charge < -0.3 is 4.98 Å². The highest BCUT2D eigenvalue weighted by atomic mass is 32.2. The number of aryl methyl sites for hydroxylation is 1. The molecular formula is C8H15N3O3S2. The lowest BCUT2D eigenvalue weighted by Gasteiger charge is -2.09. The summed E-state index contributed by atoms with van der Waals surface area (Å²) in [6.07, 6.45) is 2.80. The average Bonchev–Trinajstić information content (AvgIpc) is 2.61. The fourth-order valence-electron chi connectivity index (χ4n) is 0.957. The van der Waals surface area contributed by atoms with Crippen molar-refractivity contribution in [3.63, 3.8) is 0 Å². The first kappa shape index (κ1) is 13.3. The molecule has 0 saturated heterocycles. The van der Waals surface area contributed by atoms with Crippen LogP contribution in [0.15, 0.2) is 11.2 Å². The number of hydrogen-bond acceptors (Lipinski definition) is 4. The maximum Gasteiger partial charge on any atom is 0.257 e. The molecule has 1 aromatic heterocycles. The van der Waals surface area contributed by atoms with Crippen molar-refractivity contribution in [3.05, 3.63) is 12.0 Å². The van der Waals surface area contributed by atoms with E-state index in [-0.39, 0.29) is 16.8 Å². The average molecular weight is 265 g/mol. The van der Waals surface area contributed by atoms with E-state index in [4.69, 9.17) is 0 Å². The summed E-state index contributed by atoms with van der Waals surface area (Å²) in [4.78, 5) is 6.44. The standard InChI is InChI=1S/C8H15N3O3S2/c1-6(15(3)12)4-10-16(13,14)8-5-9-7(2)11-8/h5-6,10H,4H2,1-3H3,(H,9,11). The number of sulfonamides is 1. The molecule has 2 atom stereocenters. The molecule has 0 aliphatic carbocycles. The SMILES string of the molecule is Cc1ncc(S(=O)(=O)NCC(C)S(C)=O)[nH]1. The number of rotatable bonds is 5.